The molecule has 0 unspecified atom stereocenters. The summed E-state index contributed by atoms with van der Waals surface area (Å²) in [5.41, 5.74) is 0.836. The second-order valence-electron chi connectivity index (χ2n) is 6.51. The number of carbonyl (C=O) groups is 1. The van der Waals surface area contributed by atoms with E-state index in [0.717, 1.165) is 18.8 Å². The Labute approximate surface area is 107 Å². The monoisotopic (exact) mass is 248 g/mol. The summed E-state index contributed by atoms with van der Waals surface area (Å²) in [5, 5.41) is 8.39. The van der Waals surface area contributed by atoms with Gasteiger partial charge in [-0.25, -0.2) is 4.68 Å². The molecule has 1 aromatic heterocycles. The maximum absolute atomic E-state index is 12.0. The summed E-state index contributed by atoms with van der Waals surface area (Å²) >= 11 is 0. The number of carbonyl (C=O) groups excluding carboxylic acids is 1. The van der Waals surface area contributed by atoms with Gasteiger partial charge in [-0.3, -0.25) is 4.79 Å². The number of amides is 1. The lowest BCUT2D eigenvalue weighted by Gasteiger charge is -2.41. The van der Waals surface area contributed by atoms with E-state index in [1.54, 1.807) is 0 Å². The van der Waals surface area contributed by atoms with E-state index in [1.807, 2.05) is 30.4 Å². The van der Waals surface area contributed by atoms with Crippen LogP contribution < -0.4 is 0 Å². The molecular weight excluding hydrogens is 228 g/mol. The van der Waals surface area contributed by atoms with E-state index < -0.39 is 0 Å². The van der Waals surface area contributed by atoms with Crippen LogP contribution in [0.5, 0.6) is 0 Å². The first-order valence-electron chi connectivity index (χ1n) is 6.66. The van der Waals surface area contributed by atoms with Gasteiger partial charge in [0.15, 0.2) is 0 Å². The van der Waals surface area contributed by atoms with E-state index >= 15 is 0 Å². The molecule has 18 heavy (non-hydrogen) atoms. The van der Waals surface area contributed by atoms with Crippen molar-refractivity contribution >= 4 is 5.91 Å². The highest BCUT2D eigenvalue weighted by atomic mass is 16.2. The van der Waals surface area contributed by atoms with Crippen LogP contribution in [-0.2, 0) is 4.79 Å². The third kappa shape index (κ3) is 2.02. The van der Waals surface area contributed by atoms with Crippen LogP contribution >= 0.6 is 0 Å². The Morgan fingerprint density at radius 3 is 2.56 bits per heavy atom. The Bertz CT molecular complexity index is 464. The van der Waals surface area contributed by atoms with Crippen molar-refractivity contribution in [1.29, 1.82) is 0 Å². The van der Waals surface area contributed by atoms with E-state index in [0.29, 0.717) is 12.0 Å². The van der Waals surface area contributed by atoms with E-state index in [9.17, 15) is 4.79 Å². The summed E-state index contributed by atoms with van der Waals surface area (Å²) in [6.45, 7) is 7.42. The third-order valence-corrected chi connectivity index (χ3v) is 3.69. The maximum atomic E-state index is 12.0. The molecule has 0 N–H and O–H groups in total. The standard InChI is InChI=1S/C13H20N4O/c1-13(2,3)12(18)16-6-10(7-16)17-8-11(14-15-17)9-4-5-9/h8-10H,4-7H2,1-3H3. The van der Waals surface area contributed by atoms with Gasteiger partial charge in [0.1, 0.15) is 0 Å². The van der Waals surface area contributed by atoms with Gasteiger partial charge in [0, 0.05) is 30.6 Å². The summed E-state index contributed by atoms with van der Waals surface area (Å²) in [7, 11) is 0. The summed E-state index contributed by atoms with van der Waals surface area (Å²) in [4.78, 5) is 13.9. The summed E-state index contributed by atoms with van der Waals surface area (Å²) in [6.07, 6.45) is 4.55. The van der Waals surface area contributed by atoms with Gasteiger partial charge in [0.2, 0.25) is 5.91 Å². The average molecular weight is 248 g/mol. The Morgan fingerprint density at radius 1 is 1.33 bits per heavy atom. The molecule has 1 saturated heterocycles. The molecule has 1 aromatic rings. The summed E-state index contributed by atoms with van der Waals surface area (Å²) < 4.78 is 1.93. The topological polar surface area (TPSA) is 51.0 Å². The van der Waals surface area contributed by atoms with Gasteiger partial charge in [0.05, 0.1) is 11.7 Å². The molecule has 5 nitrogen and oxygen atoms in total. The van der Waals surface area contributed by atoms with E-state index in [2.05, 4.69) is 16.5 Å². The molecule has 2 heterocycles. The summed E-state index contributed by atoms with van der Waals surface area (Å²) in [5.74, 6) is 0.868. The number of aromatic nitrogens is 3. The van der Waals surface area contributed by atoms with Crippen LogP contribution in [0.3, 0.4) is 0 Å². The van der Waals surface area contributed by atoms with E-state index in [1.165, 1.54) is 12.8 Å². The number of likely N-dealkylation sites (tertiary alicyclic amines) is 1. The molecule has 0 radical (unpaired) electrons. The van der Waals surface area contributed by atoms with Crippen molar-refractivity contribution in [2.45, 2.75) is 45.6 Å². The van der Waals surface area contributed by atoms with Gasteiger partial charge < -0.3 is 4.90 Å². The van der Waals surface area contributed by atoms with Gasteiger partial charge >= 0.3 is 0 Å². The highest BCUT2D eigenvalue weighted by molar-refractivity contribution is 5.82. The SMILES string of the molecule is CC(C)(C)C(=O)N1CC(n2cc(C3CC3)nn2)C1. The highest BCUT2D eigenvalue weighted by Gasteiger charge is 2.38. The molecule has 0 spiro atoms. The quantitative estimate of drug-likeness (QED) is 0.798. The predicted octanol–water partition coefficient (Wildman–Crippen LogP) is 1.58. The first-order valence-corrected chi connectivity index (χ1v) is 6.66. The van der Waals surface area contributed by atoms with Crippen LogP contribution in [-0.4, -0.2) is 38.9 Å². The van der Waals surface area contributed by atoms with Gasteiger partial charge in [-0.2, -0.15) is 0 Å². The Kier molecular flexibility index (Phi) is 2.47. The Morgan fingerprint density at radius 2 is 2.00 bits per heavy atom. The second kappa shape index (κ2) is 3.80. The average Bonchev–Trinajstić information content (AvgIpc) is 2.96. The van der Waals surface area contributed by atoms with Crippen LogP contribution in [0.1, 0.15) is 51.3 Å². The van der Waals surface area contributed by atoms with Gasteiger partial charge in [0.25, 0.3) is 0 Å². The number of nitrogens with zero attached hydrogens (tertiary/aromatic N) is 4. The molecule has 0 atom stereocenters. The minimum Gasteiger partial charge on any atom is -0.338 e. The number of hydrogen-bond acceptors (Lipinski definition) is 3. The molecule has 1 amide bonds. The van der Waals surface area contributed by atoms with Crippen molar-refractivity contribution in [3.8, 4) is 0 Å². The molecule has 98 valence electrons. The fourth-order valence-corrected chi connectivity index (χ4v) is 2.30. The lowest BCUT2D eigenvalue weighted by Crippen LogP contribution is -2.54. The first kappa shape index (κ1) is 11.7. The molecular formula is C13H20N4O. The van der Waals surface area contributed by atoms with Crippen molar-refractivity contribution < 1.29 is 4.79 Å². The maximum Gasteiger partial charge on any atom is 0.228 e. The van der Waals surface area contributed by atoms with Crippen LogP contribution in [0, 0.1) is 5.41 Å². The lowest BCUT2D eigenvalue weighted by molar-refractivity contribution is -0.145. The molecule has 1 saturated carbocycles. The van der Waals surface area contributed by atoms with Crippen LogP contribution in [0.4, 0.5) is 0 Å². The zero-order valence-electron chi connectivity index (χ0n) is 11.3. The minimum atomic E-state index is -0.285. The lowest BCUT2D eigenvalue weighted by atomic mass is 9.92. The van der Waals surface area contributed by atoms with Crippen LogP contribution in [0.15, 0.2) is 6.20 Å². The van der Waals surface area contributed by atoms with Crippen LogP contribution in [0.2, 0.25) is 0 Å². The third-order valence-electron chi connectivity index (χ3n) is 3.69. The highest BCUT2D eigenvalue weighted by Crippen LogP contribution is 2.39. The van der Waals surface area contributed by atoms with E-state index in [4.69, 9.17) is 0 Å². The van der Waals surface area contributed by atoms with Gasteiger partial charge in [-0.15, -0.1) is 5.10 Å². The van der Waals surface area contributed by atoms with Crippen molar-refractivity contribution in [3.05, 3.63) is 11.9 Å². The predicted molar refractivity (Wildman–Crippen MR) is 67.1 cm³/mol. The fraction of sp³-hybridized carbons (Fsp3) is 0.769. The zero-order valence-corrected chi connectivity index (χ0v) is 11.3. The first-order chi connectivity index (χ1) is 8.45. The second-order valence-corrected chi connectivity index (χ2v) is 6.51. The molecule has 5 heteroatoms. The normalized spacial score (nSPS) is 20.9. The van der Waals surface area contributed by atoms with Crippen molar-refractivity contribution in [2.75, 3.05) is 13.1 Å². The zero-order chi connectivity index (χ0) is 12.9. The molecule has 1 aliphatic heterocycles. The number of rotatable bonds is 2. The fourth-order valence-electron chi connectivity index (χ4n) is 2.30. The minimum absolute atomic E-state index is 0.223. The van der Waals surface area contributed by atoms with Crippen molar-refractivity contribution in [1.82, 2.24) is 19.9 Å². The smallest absolute Gasteiger partial charge is 0.228 e. The molecule has 1 aliphatic carbocycles. The molecule has 0 aromatic carbocycles. The molecule has 2 fully saturated rings. The summed E-state index contributed by atoms with van der Waals surface area (Å²) in [6, 6.07) is 0.316. The van der Waals surface area contributed by atoms with Crippen molar-refractivity contribution in [3.63, 3.8) is 0 Å². The Hall–Kier alpha value is -1.39. The Balaban J connectivity index is 1.59. The number of hydrogen-bond donors (Lipinski definition) is 0. The molecule has 2 aliphatic rings. The largest absolute Gasteiger partial charge is 0.338 e. The van der Waals surface area contributed by atoms with Crippen molar-refractivity contribution in [2.24, 2.45) is 5.41 Å². The van der Waals surface area contributed by atoms with E-state index in [-0.39, 0.29) is 11.3 Å². The molecule has 0 bridgehead atoms. The molecule has 3 rings (SSSR count). The van der Waals surface area contributed by atoms with Crippen LogP contribution in [0.25, 0.3) is 0 Å². The van der Waals surface area contributed by atoms with Gasteiger partial charge in [-0.1, -0.05) is 26.0 Å². The van der Waals surface area contributed by atoms with Gasteiger partial charge in [-0.05, 0) is 12.8 Å².